The van der Waals surface area contributed by atoms with Gasteiger partial charge in [0.15, 0.2) is 0 Å². The second-order valence-corrected chi connectivity index (χ2v) is 7.31. The Morgan fingerprint density at radius 1 is 1.16 bits per heavy atom. The zero-order valence-corrected chi connectivity index (χ0v) is 14.6. The molecule has 25 heavy (non-hydrogen) atoms. The first kappa shape index (κ1) is 19.1. The standard InChI is InChI=1S/C20H22F3NO/c1-19(2,3)16-12-9-14(10-13-16)8-11-15-6-4-5-7-17(15)24-18(25)20(21,22)23/h4-7,9,16H,10,12-13H2,1-3H3,(H,24,25). The minimum atomic E-state index is -4.92. The van der Waals surface area contributed by atoms with Gasteiger partial charge in [0.25, 0.3) is 0 Å². The van der Waals surface area contributed by atoms with Crippen LogP contribution in [0.15, 0.2) is 35.9 Å². The average Bonchev–Trinajstić information content (AvgIpc) is 2.52. The first-order valence-electron chi connectivity index (χ1n) is 8.25. The fourth-order valence-electron chi connectivity index (χ4n) is 2.78. The highest BCUT2D eigenvalue weighted by molar-refractivity contribution is 5.96. The van der Waals surface area contributed by atoms with Gasteiger partial charge in [-0.3, -0.25) is 4.79 Å². The fourth-order valence-corrected chi connectivity index (χ4v) is 2.78. The highest BCUT2D eigenvalue weighted by atomic mass is 19.4. The molecule has 134 valence electrons. The van der Waals surface area contributed by atoms with Gasteiger partial charge in [0.1, 0.15) is 0 Å². The first-order valence-corrected chi connectivity index (χ1v) is 8.25. The van der Waals surface area contributed by atoms with Crippen LogP contribution in [-0.2, 0) is 4.79 Å². The predicted octanol–water partition coefficient (Wildman–Crippen LogP) is 5.31. The lowest BCUT2D eigenvalue weighted by Crippen LogP contribution is -2.30. The molecule has 1 aromatic carbocycles. The maximum absolute atomic E-state index is 12.4. The van der Waals surface area contributed by atoms with Gasteiger partial charge < -0.3 is 5.32 Å². The van der Waals surface area contributed by atoms with E-state index in [-0.39, 0.29) is 11.1 Å². The average molecular weight is 349 g/mol. The number of hydrogen-bond acceptors (Lipinski definition) is 1. The van der Waals surface area contributed by atoms with Crippen LogP contribution in [0.2, 0.25) is 0 Å². The van der Waals surface area contributed by atoms with E-state index in [0.717, 1.165) is 24.8 Å². The lowest BCUT2D eigenvalue weighted by atomic mass is 9.73. The number of nitrogens with one attached hydrogen (secondary N) is 1. The Hall–Kier alpha value is -2.22. The summed E-state index contributed by atoms with van der Waals surface area (Å²) >= 11 is 0. The van der Waals surface area contributed by atoms with Crippen molar-refractivity contribution >= 4 is 11.6 Å². The van der Waals surface area contributed by atoms with Gasteiger partial charge in [0, 0.05) is 5.56 Å². The Kier molecular flexibility index (Phi) is 5.62. The Morgan fingerprint density at radius 2 is 1.84 bits per heavy atom. The lowest BCUT2D eigenvalue weighted by Gasteiger charge is -2.32. The van der Waals surface area contributed by atoms with E-state index in [9.17, 15) is 18.0 Å². The van der Waals surface area contributed by atoms with Crippen LogP contribution < -0.4 is 5.32 Å². The summed E-state index contributed by atoms with van der Waals surface area (Å²) in [6.45, 7) is 6.67. The minimum Gasteiger partial charge on any atom is -0.317 e. The van der Waals surface area contributed by atoms with Crippen molar-refractivity contribution in [3.8, 4) is 11.8 Å². The van der Waals surface area contributed by atoms with Crippen molar-refractivity contribution < 1.29 is 18.0 Å². The number of anilines is 1. The van der Waals surface area contributed by atoms with Crippen molar-refractivity contribution in [1.29, 1.82) is 0 Å². The summed E-state index contributed by atoms with van der Waals surface area (Å²) in [5.41, 5.74) is 1.70. The molecule has 0 aliphatic heterocycles. The molecule has 1 aromatic rings. The Labute approximate surface area is 146 Å². The van der Waals surface area contributed by atoms with Crippen molar-refractivity contribution in [1.82, 2.24) is 0 Å². The molecule has 0 radical (unpaired) electrons. The molecular formula is C20H22F3NO. The van der Waals surface area contributed by atoms with Crippen LogP contribution in [0.5, 0.6) is 0 Å². The maximum atomic E-state index is 12.4. The summed E-state index contributed by atoms with van der Waals surface area (Å²) in [5, 5.41) is 1.88. The molecule has 1 aliphatic carbocycles. The Morgan fingerprint density at radius 3 is 2.40 bits per heavy atom. The third kappa shape index (κ3) is 5.38. The van der Waals surface area contributed by atoms with Crippen molar-refractivity contribution in [2.24, 2.45) is 11.3 Å². The molecule has 2 nitrogen and oxygen atoms in total. The van der Waals surface area contributed by atoms with Crippen LogP contribution in [0.25, 0.3) is 0 Å². The van der Waals surface area contributed by atoms with Crippen molar-refractivity contribution in [3.05, 3.63) is 41.5 Å². The first-order chi connectivity index (χ1) is 11.6. The molecule has 1 aliphatic rings. The van der Waals surface area contributed by atoms with Crippen LogP contribution >= 0.6 is 0 Å². The molecule has 1 amide bonds. The summed E-state index contributed by atoms with van der Waals surface area (Å²) in [4.78, 5) is 11.1. The zero-order valence-electron chi connectivity index (χ0n) is 14.6. The number of rotatable bonds is 1. The highest BCUT2D eigenvalue weighted by Crippen LogP contribution is 2.36. The van der Waals surface area contributed by atoms with Crippen molar-refractivity contribution in [2.45, 2.75) is 46.2 Å². The largest absolute Gasteiger partial charge is 0.471 e. The van der Waals surface area contributed by atoms with Gasteiger partial charge >= 0.3 is 12.1 Å². The molecule has 0 heterocycles. The Bertz CT molecular complexity index is 730. The van der Waals surface area contributed by atoms with Crippen LogP contribution in [0.3, 0.4) is 0 Å². The maximum Gasteiger partial charge on any atom is 0.471 e. The quantitative estimate of drug-likeness (QED) is 0.684. The number of halogens is 3. The van der Waals surface area contributed by atoms with Crippen LogP contribution in [0.4, 0.5) is 18.9 Å². The number of amides is 1. The number of para-hydroxylation sites is 1. The van der Waals surface area contributed by atoms with Crippen molar-refractivity contribution in [3.63, 3.8) is 0 Å². The number of allylic oxidation sites excluding steroid dienone is 2. The predicted molar refractivity (Wildman–Crippen MR) is 92.9 cm³/mol. The summed E-state index contributed by atoms with van der Waals surface area (Å²) in [7, 11) is 0. The fraction of sp³-hybridized carbons (Fsp3) is 0.450. The number of carbonyl (C=O) groups is 1. The minimum absolute atomic E-state index is 0.0707. The van der Waals surface area contributed by atoms with Gasteiger partial charge in [-0.1, -0.05) is 50.8 Å². The molecule has 0 spiro atoms. The van der Waals surface area contributed by atoms with Gasteiger partial charge in [-0.2, -0.15) is 13.2 Å². The van der Waals surface area contributed by atoms with Gasteiger partial charge in [0.05, 0.1) is 5.69 Å². The third-order valence-corrected chi connectivity index (χ3v) is 4.43. The Balaban J connectivity index is 2.14. The summed E-state index contributed by atoms with van der Waals surface area (Å²) in [6.07, 6.45) is 0.0696. The summed E-state index contributed by atoms with van der Waals surface area (Å²) in [6, 6.07) is 6.25. The summed E-state index contributed by atoms with van der Waals surface area (Å²) < 4.78 is 37.3. The molecule has 0 bridgehead atoms. The third-order valence-electron chi connectivity index (χ3n) is 4.43. The van der Waals surface area contributed by atoms with E-state index >= 15 is 0 Å². The van der Waals surface area contributed by atoms with Crippen molar-refractivity contribution in [2.75, 3.05) is 5.32 Å². The van der Waals surface area contributed by atoms with E-state index in [1.165, 1.54) is 6.07 Å². The van der Waals surface area contributed by atoms with E-state index in [0.29, 0.717) is 11.5 Å². The molecule has 0 fully saturated rings. The molecule has 0 saturated heterocycles. The molecule has 0 saturated carbocycles. The second kappa shape index (κ2) is 7.35. The lowest BCUT2D eigenvalue weighted by molar-refractivity contribution is -0.167. The highest BCUT2D eigenvalue weighted by Gasteiger charge is 2.38. The monoisotopic (exact) mass is 349 g/mol. The van der Waals surface area contributed by atoms with Crippen LogP contribution in [-0.4, -0.2) is 12.1 Å². The van der Waals surface area contributed by atoms with Gasteiger partial charge in [0.2, 0.25) is 0 Å². The normalized spacial score (nSPS) is 18.0. The van der Waals surface area contributed by atoms with E-state index < -0.39 is 12.1 Å². The molecule has 5 heteroatoms. The van der Waals surface area contributed by atoms with E-state index in [1.807, 2.05) is 5.32 Å². The van der Waals surface area contributed by atoms with Gasteiger partial charge in [-0.15, -0.1) is 0 Å². The molecular weight excluding hydrogens is 327 g/mol. The SMILES string of the molecule is CC(C)(C)C1CC=C(C#Cc2ccccc2NC(=O)C(F)(F)F)CC1. The van der Waals surface area contributed by atoms with Crippen LogP contribution in [0.1, 0.15) is 45.6 Å². The van der Waals surface area contributed by atoms with Crippen LogP contribution in [0, 0.1) is 23.2 Å². The molecule has 1 unspecified atom stereocenters. The number of alkyl halides is 3. The zero-order chi connectivity index (χ0) is 18.7. The van der Waals surface area contributed by atoms with E-state index in [1.54, 1.807) is 18.2 Å². The summed E-state index contributed by atoms with van der Waals surface area (Å²) in [5.74, 6) is 4.55. The smallest absolute Gasteiger partial charge is 0.317 e. The molecule has 1 N–H and O–H groups in total. The second-order valence-electron chi connectivity index (χ2n) is 7.31. The molecule has 0 aromatic heterocycles. The van der Waals surface area contributed by atoms with Gasteiger partial charge in [-0.25, -0.2) is 0 Å². The van der Waals surface area contributed by atoms with E-state index in [2.05, 4.69) is 38.7 Å². The number of hydrogen-bond donors (Lipinski definition) is 1. The van der Waals surface area contributed by atoms with Gasteiger partial charge in [-0.05, 0) is 48.3 Å². The molecule has 2 rings (SSSR count). The number of carbonyl (C=O) groups excluding carboxylic acids is 1. The van der Waals surface area contributed by atoms with E-state index in [4.69, 9.17) is 0 Å². The topological polar surface area (TPSA) is 29.1 Å². The molecule has 1 atom stereocenters. The number of benzene rings is 1.